The monoisotopic (exact) mass is 362 g/mol. The Bertz CT molecular complexity index is 882. The van der Waals surface area contributed by atoms with E-state index in [-0.39, 0.29) is 11.2 Å². The first-order valence-corrected chi connectivity index (χ1v) is 9.57. The molecule has 2 aromatic rings. The van der Waals surface area contributed by atoms with Gasteiger partial charge in [-0.1, -0.05) is 26.8 Å². The van der Waals surface area contributed by atoms with Crippen molar-refractivity contribution in [2.45, 2.75) is 26.2 Å². The number of hydrogen-bond donors (Lipinski definition) is 3. The van der Waals surface area contributed by atoms with Crippen LogP contribution in [-0.4, -0.2) is 25.7 Å². The average Bonchev–Trinajstić information content (AvgIpc) is 2.47. The van der Waals surface area contributed by atoms with Crippen molar-refractivity contribution in [3.63, 3.8) is 0 Å². The molecule has 0 aliphatic rings. The van der Waals surface area contributed by atoms with Gasteiger partial charge in [-0.15, -0.1) is 0 Å². The molecule has 2 rings (SSSR count). The van der Waals surface area contributed by atoms with Gasteiger partial charge in [0.1, 0.15) is 5.75 Å². The number of aromatic hydroxyl groups is 1. The Balaban J connectivity index is 2.20. The molecule has 0 aromatic heterocycles. The molecule has 2 aromatic carbocycles. The van der Waals surface area contributed by atoms with Crippen LogP contribution in [0.25, 0.3) is 0 Å². The molecular weight excluding hydrogens is 340 g/mol. The quantitative estimate of drug-likeness (QED) is 0.727. The fraction of sp³-hybridized carbons (Fsp3) is 0.278. The summed E-state index contributed by atoms with van der Waals surface area (Å²) in [7, 11) is -3.37. The standard InChI is InChI=1S/C18H22N2O4S/c1-18(2,3)13-7-10-16(21)15(11-13)19-17(22)12-5-8-14(9-6-12)20-25(4,23)24/h5-11,20-21H,1-4H3,(H,19,22). The number of anilines is 2. The van der Waals surface area contributed by atoms with Crippen molar-refractivity contribution in [3.8, 4) is 5.75 Å². The number of rotatable bonds is 4. The number of amides is 1. The number of carbonyl (C=O) groups is 1. The van der Waals surface area contributed by atoms with Crippen LogP contribution < -0.4 is 10.0 Å². The van der Waals surface area contributed by atoms with Gasteiger partial charge in [0.25, 0.3) is 5.91 Å². The normalized spacial score (nSPS) is 11.8. The lowest BCUT2D eigenvalue weighted by Gasteiger charge is -2.20. The summed E-state index contributed by atoms with van der Waals surface area (Å²) >= 11 is 0. The SMILES string of the molecule is CC(C)(C)c1ccc(O)c(NC(=O)c2ccc(NS(C)(=O)=O)cc2)c1. The molecule has 0 saturated carbocycles. The molecule has 0 aliphatic carbocycles. The summed E-state index contributed by atoms with van der Waals surface area (Å²) in [6, 6.07) is 11.1. The summed E-state index contributed by atoms with van der Waals surface area (Å²) in [5.74, 6) is -0.413. The average molecular weight is 362 g/mol. The second kappa shape index (κ2) is 6.76. The molecule has 0 aliphatic heterocycles. The van der Waals surface area contributed by atoms with Crippen LogP contribution >= 0.6 is 0 Å². The van der Waals surface area contributed by atoms with E-state index in [9.17, 15) is 18.3 Å². The van der Waals surface area contributed by atoms with Crippen LogP contribution in [0.4, 0.5) is 11.4 Å². The van der Waals surface area contributed by atoms with Crippen LogP contribution in [0.2, 0.25) is 0 Å². The molecule has 0 heterocycles. The zero-order chi connectivity index (χ0) is 18.8. The fourth-order valence-electron chi connectivity index (χ4n) is 2.20. The zero-order valence-electron chi connectivity index (χ0n) is 14.6. The zero-order valence-corrected chi connectivity index (χ0v) is 15.4. The van der Waals surface area contributed by atoms with E-state index in [0.29, 0.717) is 16.9 Å². The Morgan fingerprint density at radius 1 is 1.04 bits per heavy atom. The molecule has 0 atom stereocenters. The minimum Gasteiger partial charge on any atom is -0.506 e. The van der Waals surface area contributed by atoms with Gasteiger partial charge in [-0.25, -0.2) is 8.42 Å². The van der Waals surface area contributed by atoms with Crippen molar-refractivity contribution in [1.82, 2.24) is 0 Å². The summed E-state index contributed by atoms with van der Waals surface area (Å²) in [4.78, 5) is 12.4. The van der Waals surface area contributed by atoms with Gasteiger partial charge in [0.05, 0.1) is 11.9 Å². The van der Waals surface area contributed by atoms with Crippen LogP contribution in [0.15, 0.2) is 42.5 Å². The lowest BCUT2D eigenvalue weighted by molar-refractivity contribution is 0.102. The lowest BCUT2D eigenvalue weighted by Crippen LogP contribution is -2.15. The number of benzene rings is 2. The van der Waals surface area contributed by atoms with Gasteiger partial charge < -0.3 is 10.4 Å². The number of carbonyl (C=O) groups excluding carboxylic acids is 1. The highest BCUT2D eigenvalue weighted by Gasteiger charge is 2.17. The van der Waals surface area contributed by atoms with Gasteiger partial charge in [-0.3, -0.25) is 9.52 Å². The summed E-state index contributed by atoms with van der Waals surface area (Å²) in [6.45, 7) is 6.12. The van der Waals surface area contributed by atoms with E-state index in [1.54, 1.807) is 12.1 Å². The number of phenols is 1. The van der Waals surface area contributed by atoms with Gasteiger partial charge in [0.2, 0.25) is 10.0 Å². The molecule has 7 heteroatoms. The Morgan fingerprint density at radius 2 is 1.64 bits per heavy atom. The van der Waals surface area contributed by atoms with Crippen molar-refractivity contribution in [3.05, 3.63) is 53.6 Å². The minimum atomic E-state index is -3.37. The number of phenolic OH excluding ortho intramolecular Hbond substituents is 1. The summed E-state index contributed by atoms with van der Waals surface area (Å²) < 4.78 is 24.7. The van der Waals surface area contributed by atoms with Crippen molar-refractivity contribution >= 4 is 27.3 Å². The minimum absolute atomic E-state index is 0.0169. The molecule has 1 amide bonds. The van der Waals surface area contributed by atoms with Crippen LogP contribution in [-0.2, 0) is 15.4 Å². The molecular formula is C18H22N2O4S. The van der Waals surface area contributed by atoms with Crippen molar-refractivity contribution < 1.29 is 18.3 Å². The maximum atomic E-state index is 12.4. The molecule has 0 spiro atoms. The molecule has 3 N–H and O–H groups in total. The first-order chi connectivity index (χ1) is 11.5. The van der Waals surface area contributed by atoms with E-state index < -0.39 is 15.9 Å². The lowest BCUT2D eigenvalue weighted by atomic mass is 9.87. The first-order valence-electron chi connectivity index (χ1n) is 7.68. The molecule has 25 heavy (non-hydrogen) atoms. The van der Waals surface area contributed by atoms with E-state index in [1.807, 2.05) is 26.8 Å². The largest absolute Gasteiger partial charge is 0.506 e. The molecule has 0 radical (unpaired) electrons. The van der Waals surface area contributed by atoms with E-state index in [2.05, 4.69) is 10.0 Å². The van der Waals surface area contributed by atoms with Crippen LogP contribution in [0, 0.1) is 0 Å². The van der Waals surface area contributed by atoms with E-state index in [1.165, 1.54) is 24.3 Å². The third kappa shape index (κ3) is 5.22. The number of sulfonamides is 1. The van der Waals surface area contributed by atoms with Gasteiger partial charge in [0.15, 0.2) is 0 Å². The van der Waals surface area contributed by atoms with Crippen LogP contribution in [0.1, 0.15) is 36.7 Å². The van der Waals surface area contributed by atoms with Gasteiger partial charge in [-0.05, 0) is 47.4 Å². The third-order valence-corrected chi connectivity index (χ3v) is 4.17. The van der Waals surface area contributed by atoms with Gasteiger partial charge in [-0.2, -0.15) is 0 Å². The molecule has 0 fully saturated rings. The van der Waals surface area contributed by atoms with Crippen molar-refractivity contribution in [2.75, 3.05) is 16.3 Å². The van der Waals surface area contributed by atoms with Crippen molar-refractivity contribution in [2.24, 2.45) is 0 Å². The number of hydrogen-bond acceptors (Lipinski definition) is 4. The topological polar surface area (TPSA) is 95.5 Å². The molecule has 6 nitrogen and oxygen atoms in total. The van der Waals surface area contributed by atoms with Crippen molar-refractivity contribution in [1.29, 1.82) is 0 Å². The second-order valence-electron chi connectivity index (χ2n) is 6.89. The van der Waals surface area contributed by atoms with Gasteiger partial charge in [0, 0.05) is 11.3 Å². The third-order valence-electron chi connectivity index (χ3n) is 3.56. The van der Waals surface area contributed by atoms with Gasteiger partial charge >= 0.3 is 0 Å². The summed E-state index contributed by atoms with van der Waals surface area (Å²) in [5.41, 5.74) is 1.91. The van der Waals surface area contributed by atoms with Crippen LogP contribution in [0.5, 0.6) is 5.75 Å². The smallest absolute Gasteiger partial charge is 0.255 e. The maximum absolute atomic E-state index is 12.4. The van der Waals surface area contributed by atoms with E-state index in [4.69, 9.17) is 0 Å². The predicted molar refractivity (Wildman–Crippen MR) is 99.7 cm³/mol. The van der Waals surface area contributed by atoms with E-state index >= 15 is 0 Å². The Labute approximate surface area is 147 Å². The second-order valence-corrected chi connectivity index (χ2v) is 8.64. The molecule has 0 unspecified atom stereocenters. The highest BCUT2D eigenvalue weighted by atomic mass is 32.2. The molecule has 134 valence electrons. The molecule has 0 bridgehead atoms. The highest BCUT2D eigenvalue weighted by Crippen LogP contribution is 2.31. The van der Waals surface area contributed by atoms with E-state index in [0.717, 1.165) is 11.8 Å². The number of nitrogens with one attached hydrogen (secondary N) is 2. The predicted octanol–water partition coefficient (Wildman–Crippen LogP) is 3.31. The highest BCUT2D eigenvalue weighted by molar-refractivity contribution is 7.92. The summed E-state index contributed by atoms with van der Waals surface area (Å²) in [6.07, 6.45) is 1.05. The Morgan fingerprint density at radius 3 is 2.16 bits per heavy atom. The molecule has 0 saturated heterocycles. The van der Waals surface area contributed by atoms with Crippen LogP contribution in [0.3, 0.4) is 0 Å². The Kier molecular flexibility index (Phi) is 5.08. The fourth-order valence-corrected chi connectivity index (χ4v) is 2.77. The Hall–Kier alpha value is -2.54. The first kappa shape index (κ1) is 18.8. The summed E-state index contributed by atoms with van der Waals surface area (Å²) in [5, 5.41) is 12.7. The maximum Gasteiger partial charge on any atom is 0.255 e.